The first-order valence-corrected chi connectivity index (χ1v) is 15.9. The molecule has 226 valence electrons. The molecule has 0 unspecified atom stereocenters. The van der Waals surface area contributed by atoms with Crippen molar-refractivity contribution in [3.05, 3.63) is 120 Å². The molecule has 0 amide bonds. The van der Waals surface area contributed by atoms with Crippen molar-refractivity contribution in [2.24, 2.45) is 0 Å². The third kappa shape index (κ3) is 10.6. The Bertz CT molecular complexity index is 1280. The van der Waals surface area contributed by atoms with Crippen molar-refractivity contribution in [2.75, 3.05) is 52.4 Å². The minimum Gasteiger partial charge on any atom is -0.315 e. The maximum absolute atomic E-state index is 4.60. The van der Waals surface area contributed by atoms with Gasteiger partial charge < -0.3 is 16.0 Å². The second kappa shape index (κ2) is 17.6. The van der Waals surface area contributed by atoms with Crippen LogP contribution in [0.15, 0.2) is 97.3 Å². The van der Waals surface area contributed by atoms with Crippen LogP contribution in [0.3, 0.4) is 0 Å². The Kier molecular flexibility index (Phi) is 12.7. The molecule has 5 rings (SSSR count). The van der Waals surface area contributed by atoms with Gasteiger partial charge in [-0.15, -0.1) is 0 Å². The summed E-state index contributed by atoms with van der Waals surface area (Å²) < 4.78 is 0. The van der Waals surface area contributed by atoms with Crippen LogP contribution in [0.2, 0.25) is 0 Å². The normalized spacial score (nSPS) is 16.1. The van der Waals surface area contributed by atoms with Crippen LogP contribution in [0, 0.1) is 0 Å². The summed E-state index contributed by atoms with van der Waals surface area (Å²) in [5, 5.41) is 10.8. The smallest absolute Gasteiger partial charge is 0.0544 e. The highest BCUT2D eigenvalue weighted by molar-refractivity contribution is 5.68. The van der Waals surface area contributed by atoms with E-state index in [9.17, 15) is 0 Å². The fraction of sp³-hybridized carbons (Fsp3) is 0.389. The Morgan fingerprint density at radius 3 is 2.00 bits per heavy atom. The molecular weight excluding hydrogens is 530 g/mol. The quantitative estimate of drug-likeness (QED) is 0.266. The first-order valence-electron chi connectivity index (χ1n) is 15.9. The van der Waals surface area contributed by atoms with Crippen LogP contribution in [-0.4, -0.2) is 72.1 Å². The SMILES string of the molecule is c1ccc(CN(Cc2cccc(-c3ccccc3CN3CCCNCCNCCCNCC3)c2)Cc2ccccn2)nc1. The maximum atomic E-state index is 4.60. The van der Waals surface area contributed by atoms with E-state index >= 15 is 0 Å². The van der Waals surface area contributed by atoms with Gasteiger partial charge >= 0.3 is 0 Å². The summed E-state index contributed by atoms with van der Waals surface area (Å²) in [4.78, 5) is 14.2. The molecule has 0 aliphatic carbocycles. The van der Waals surface area contributed by atoms with Gasteiger partial charge in [-0.1, -0.05) is 54.6 Å². The summed E-state index contributed by atoms with van der Waals surface area (Å²) in [5.41, 5.74) is 7.41. The minimum absolute atomic E-state index is 0.770. The van der Waals surface area contributed by atoms with Crippen LogP contribution >= 0.6 is 0 Å². The van der Waals surface area contributed by atoms with E-state index < -0.39 is 0 Å². The largest absolute Gasteiger partial charge is 0.315 e. The van der Waals surface area contributed by atoms with Gasteiger partial charge in [-0.3, -0.25) is 19.8 Å². The second-order valence-electron chi connectivity index (χ2n) is 11.4. The number of pyridine rings is 2. The van der Waals surface area contributed by atoms with E-state index in [4.69, 9.17) is 0 Å². The number of hydrogen-bond donors (Lipinski definition) is 3. The maximum Gasteiger partial charge on any atom is 0.0544 e. The van der Waals surface area contributed by atoms with E-state index in [1.54, 1.807) is 0 Å². The monoisotopic (exact) mass is 577 g/mol. The summed E-state index contributed by atoms with van der Waals surface area (Å²) in [7, 11) is 0. The van der Waals surface area contributed by atoms with Gasteiger partial charge in [0.05, 0.1) is 11.4 Å². The molecule has 2 aromatic heterocycles. The Morgan fingerprint density at radius 2 is 1.28 bits per heavy atom. The van der Waals surface area contributed by atoms with Gasteiger partial charge in [0, 0.05) is 64.8 Å². The van der Waals surface area contributed by atoms with Crippen LogP contribution in [0.25, 0.3) is 11.1 Å². The first-order chi connectivity index (χ1) is 21.3. The van der Waals surface area contributed by atoms with Crippen LogP contribution in [0.4, 0.5) is 0 Å². The lowest BCUT2D eigenvalue weighted by molar-refractivity contribution is 0.242. The highest BCUT2D eigenvalue weighted by Crippen LogP contribution is 2.27. The minimum atomic E-state index is 0.770. The molecule has 7 heteroatoms. The Hall–Kier alpha value is -3.46. The van der Waals surface area contributed by atoms with Crippen molar-refractivity contribution in [3.63, 3.8) is 0 Å². The summed E-state index contributed by atoms with van der Waals surface area (Å²) in [6.45, 7) is 11.8. The van der Waals surface area contributed by atoms with Crippen molar-refractivity contribution in [1.29, 1.82) is 0 Å². The summed E-state index contributed by atoms with van der Waals surface area (Å²) in [6, 6.07) is 30.3. The van der Waals surface area contributed by atoms with Crippen molar-refractivity contribution < 1.29 is 0 Å². The molecule has 1 saturated heterocycles. The average Bonchev–Trinajstić information content (AvgIpc) is 3.04. The molecule has 0 bridgehead atoms. The molecule has 3 N–H and O–H groups in total. The summed E-state index contributed by atoms with van der Waals surface area (Å²) in [6.07, 6.45) is 6.06. The number of hydrogen-bond acceptors (Lipinski definition) is 7. The van der Waals surface area contributed by atoms with Gasteiger partial charge in [-0.05, 0) is 91.6 Å². The molecule has 0 radical (unpaired) electrons. The van der Waals surface area contributed by atoms with Gasteiger partial charge in [0.25, 0.3) is 0 Å². The van der Waals surface area contributed by atoms with Gasteiger partial charge in [-0.25, -0.2) is 0 Å². The lowest BCUT2D eigenvalue weighted by atomic mass is 9.97. The predicted molar refractivity (Wildman–Crippen MR) is 176 cm³/mol. The molecule has 1 fully saturated rings. The molecule has 1 aliphatic heterocycles. The Morgan fingerprint density at radius 1 is 0.605 bits per heavy atom. The topological polar surface area (TPSA) is 68.3 Å². The van der Waals surface area contributed by atoms with Gasteiger partial charge in [0.2, 0.25) is 0 Å². The van der Waals surface area contributed by atoms with Crippen molar-refractivity contribution in [1.82, 2.24) is 35.7 Å². The van der Waals surface area contributed by atoms with Crippen molar-refractivity contribution in [3.8, 4) is 11.1 Å². The van der Waals surface area contributed by atoms with E-state index in [0.29, 0.717) is 0 Å². The number of rotatable bonds is 9. The molecule has 2 aromatic carbocycles. The van der Waals surface area contributed by atoms with Crippen LogP contribution in [0.5, 0.6) is 0 Å². The number of aromatic nitrogens is 2. The number of benzene rings is 2. The lowest BCUT2D eigenvalue weighted by Gasteiger charge is -2.25. The van der Waals surface area contributed by atoms with Gasteiger partial charge in [-0.2, -0.15) is 0 Å². The third-order valence-corrected chi connectivity index (χ3v) is 7.90. The van der Waals surface area contributed by atoms with E-state index in [1.165, 1.54) is 28.7 Å². The van der Waals surface area contributed by atoms with Crippen LogP contribution < -0.4 is 16.0 Å². The third-order valence-electron chi connectivity index (χ3n) is 7.90. The lowest BCUT2D eigenvalue weighted by Crippen LogP contribution is -2.36. The summed E-state index contributed by atoms with van der Waals surface area (Å²) in [5.74, 6) is 0. The molecule has 3 heterocycles. The van der Waals surface area contributed by atoms with E-state index in [2.05, 4.69) is 109 Å². The highest BCUT2D eigenvalue weighted by atomic mass is 15.1. The Labute approximate surface area is 257 Å². The van der Waals surface area contributed by atoms with Crippen molar-refractivity contribution in [2.45, 2.75) is 39.0 Å². The standard InChI is InChI=1S/C36H47N7/c1-2-15-36(33(11-1)28-42-24-9-18-38-22-21-37-16-8-17-39-23-25-42)32-12-7-10-31(26-32)27-43(29-34-13-3-5-19-40-34)30-35-14-4-6-20-41-35/h1-7,10-15,19-20,26,37-39H,8-9,16-18,21-25,27-30H2. The zero-order valence-corrected chi connectivity index (χ0v) is 25.4. The van der Waals surface area contributed by atoms with E-state index in [-0.39, 0.29) is 0 Å². The average molecular weight is 578 g/mol. The molecule has 1 aliphatic rings. The second-order valence-corrected chi connectivity index (χ2v) is 11.4. The van der Waals surface area contributed by atoms with Crippen molar-refractivity contribution >= 4 is 0 Å². The fourth-order valence-electron chi connectivity index (χ4n) is 5.71. The van der Waals surface area contributed by atoms with Crippen LogP contribution in [-0.2, 0) is 26.2 Å². The number of nitrogens with one attached hydrogen (secondary N) is 3. The Balaban J connectivity index is 1.30. The zero-order valence-electron chi connectivity index (χ0n) is 25.4. The molecule has 0 spiro atoms. The molecule has 4 aromatic rings. The van der Waals surface area contributed by atoms with Crippen LogP contribution in [0.1, 0.15) is 35.4 Å². The first kappa shape index (κ1) is 31.0. The molecule has 0 atom stereocenters. The molecule has 7 nitrogen and oxygen atoms in total. The van der Waals surface area contributed by atoms with Gasteiger partial charge in [0.1, 0.15) is 0 Å². The van der Waals surface area contributed by atoms with E-state index in [1.807, 2.05) is 24.5 Å². The zero-order chi connectivity index (χ0) is 29.4. The summed E-state index contributed by atoms with van der Waals surface area (Å²) >= 11 is 0. The molecule has 0 saturated carbocycles. The number of nitrogens with zero attached hydrogens (tertiary/aromatic N) is 4. The molecular formula is C36H47N7. The fourth-order valence-corrected chi connectivity index (χ4v) is 5.71. The molecule has 43 heavy (non-hydrogen) atoms. The predicted octanol–water partition coefficient (Wildman–Crippen LogP) is 4.71. The highest BCUT2D eigenvalue weighted by Gasteiger charge is 2.14. The van der Waals surface area contributed by atoms with Gasteiger partial charge in [0.15, 0.2) is 0 Å². The van der Waals surface area contributed by atoms with E-state index in [0.717, 1.165) is 96.3 Å².